The van der Waals surface area contributed by atoms with E-state index in [2.05, 4.69) is 0 Å². The first-order valence-electron chi connectivity index (χ1n) is 6.36. The highest BCUT2D eigenvalue weighted by atomic mass is 16.4. The minimum Gasteiger partial charge on any atom is -0.479 e. The first-order valence-corrected chi connectivity index (χ1v) is 6.36. The van der Waals surface area contributed by atoms with E-state index in [4.69, 9.17) is 0 Å². The molecule has 0 bridgehead atoms. The molecule has 0 unspecified atom stereocenters. The van der Waals surface area contributed by atoms with Crippen LogP contribution in [-0.4, -0.2) is 33.5 Å². The molecule has 0 fully saturated rings. The number of rotatable bonds is 7. The van der Waals surface area contributed by atoms with Crippen LogP contribution in [-0.2, 0) is 9.59 Å². The number of aliphatic carboxylic acids is 1. The molecule has 0 heterocycles. The summed E-state index contributed by atoms with van der Waals surface area (Å²) in [7, 11) is 0. The molecule has 0 aromatic rings. The maximum absolute atomic E-state index is 11.7. The summed E-state index contributed by atoms with van der Waals surface area (Å²) in [5, 5.41) is 9.56. The van der Waals surface area contributed by atoms with Crippen molar-refractivity contribution in [2.45, 2.75) is 71.9 Å². The number of nitrogens with zero attached hydrogens (tertiary/aromatic N) is 1. The molecule has 4 nitrogen and oxygen atoms in total. The third-order valence-corrected chi connectivity index (χ3v) is 3.04. The fraction of sp³-hybridized carbons (Fsp3) is 0.846. The van der Waals surface area contributed by atoms with Gasteiger partial charge in [0, 0.05) is 13.0 Å². The van der Waals surface area contributed by atoms with Crippen molar-refractivity contribution in [2.75, 3.05) is 0 Å². The second-order valence-corrected chi connectivity index (χ2v) is 4.82. The summed E-state index contributed by atoms with van der Waals surface area (Å²) in [6.45, 7) is 9.08. The molecule has 0 aliphatic carbocycles. The molecule has 0 rings (SSSR count). The molecule has 0 saturated carbocycles. The number of carbonyl (C=O) groups excluding carboxylic acids is 1. The Morgan fingerprint density at radius 2 is 1.59 bits per heavy atom. The van der Waals surface area contributed by atoms with Gasteiger partial charge in [-0.3, -0.25) is 4.79 Å². The highest BCUT2D eigenvalue weighted by Gasteiger charge is 2.45. The van der Waals surface area contributed by atoms with Crippen LogP contribution in [0.1, 0.15) is 60.3 Å². The molecule has 0 atom stereocenters. The molecule has 4 heteroatoms. The van der Waals surface area contributed by atoms with Crippen LogP contribution in [0.3, 0.4) is 0 Å². The van der Waals surface area contributed by atoms with Gasteiger partial charge in [-0.25, -0.2) is 4.79 Å². The van der Waals surface area contributed by atoms with Crippen LogP contribution in [0, 0.1) is 0 Å². The summed E-state index contributed by atoms with van der Waals surface area (Å²) in [5.41, 5.74) is -1.04. The Labute approximate surface area is 104 Å². The Bertz CT molecular complexity index is 268. The molecule has 0 aliphatic rings. The molecule has 17 heavy (non-hydrogen) atoms. The average Bonchev–Trinajstić information content (AvgIpc) is 2.16. The van der Waals surface area contributed by atoms with Crippen molar-refractivity contribution in [1.29, 1.82) is 0 Å². The Balaban J connectivity index is 5.50. The smallest absolute Gasteiger partial charge is 0.329 e. The lowest BCUT2D eigenvalue weighted by atomic mass is 9.85. The lowest BCUT2D eigenvalue weighted by Crippen LogP contribution is -2.59. The molecule has 0 aromatic heterocycles. The van der Waals surface area contributed by atoms with Crippen LogP contribution in [0.4, 0.5) is 0 Å². The lowest BCUT2D eigenvalue weighted by molar-refractivity contribution is -0.162. The Kier molecular flexibility index (Phi) is 6.21. The van der Waals surface area contributed by atoms with E-state index in [-0.39, 0.29) is 11.9 Å². The summed E-state index contributed by atoms with van der Waals surface area (Å²) in [6.07, 6.45) is 2.52. The molecular weight excluding hydrogens is 218 g/mol. The van der Waals surface area contributed by atoms with Crippen molar-refractivity contribution in [3.63, 3.8) is 0 Å². The van der Waals surface area contributed by atoms with Crippen molar-refractivity contribution in [3.05, 3.63) is 0 Å². The van der Waals surface area contributed by atoms with Crippen LogP contribution in [0.2, 0.25) is 0 Å². The van der Waals surface area contributed by atoms with Crippen molar-refractivity contribution in [2.24, 2.45) is 0 Å². The lowest BCUT2D eigenvalue weighted by Gasteiger charge is -2.43. The predicted octanol–water partition coefficient (Wildman–Crippen LogP) is 2.67. The maximum atomic E-state index is 11.7. The van der Waals surface area contributed by atoms with Gasteiger partial charge in [-0.2, -0.15) is 0 Å². The highest BCUT2D eigenvalue weighted by molar-refractivity contribution is 5.86. The number of amides is 1. The van der Waals surface area contributed by atoms with Gasteiger partial charge in [0.05, 0.1) is 0 Å². The second kappa shape index (κ2) is 6.62. The van der Waals surface area contributed by atoms with E-state index in [1.165, 1.54) is 11.8 Å². The molecule has 1 N–H and O–H groups in total. The van der Waals surface area contributed by atoms with Gasteiger partial charge in [0.15, 0.2) is 0 Å². The largest absolute Gasteiger partial charge is 0.479 e. The molecule has 100 valence electrons. The van der Waals surface area contributed by atoms with Crippen LogP contribution in [0.5, 0.6) is 0 Å². The number of hydrogen-bond donors (Lipinski definition) is 1. The molecule has 0 radical (unpaired) electrons. The summed E-state index contributed by atoms with van der Waals surface area (Å²) < 4.78 is 0. The van der Waals surface area contributed by atoms with Gasteiger partial charge in [0.1, 0.15) is 5.54 Å². The maximum Gasteiger partial charge on any atom is 0.329 e. The summed E-state index contributed by atoms with van der Waals surface area (Å²) in [4.78, 5) is 24.9. The van der Waals surface area contributed by atoms with Gasteiger partial charge in [-0.15, -0.1) is 0 Å². The Hall–Kier alpha value is -1.06. The molecule has 0 aromatic carbocycles. The molecule has 0 saturated heterocycles. The van der Waals surface area contributed by atoms with Crippen molar-refractivity contribution in [1.82, 2.24) is 4.90 Å². The van der Waals surface area contributed by atoms with Crippen LogP contribution >= 0.6 is 0 Å². The Morgan fingerprint density at radius 3 is 1.76 bits per heavy atom. The van der Waals surface area contributed by atoms with E-state index < -0.39 is 11.5 Å². The predicted molar refractivity (Wildman–Crippen MR) is 67.8 cm³/mol. The normalized spacial score (nSPS) is 11.6. The zero-order valence-corrected chi connectivity index (χ0v) is 11.6. The van der Waals surface area contributed by atoms with Gasteiger partial charge in [-0.05, 0) is 26.7 Å². The topological polar surface area (TPSA) is 57.6 Å². The van der Waals surface area contributed by atoms with E-state index in [0.29, 0.717) is 12.8 Å². The van der Waals surface area contributed by atoms with E-state index in [1.807, 2.05) is 27.7 Å². The number of carbonyl (C=O) groups is 2. The first kappa shape index (κ1) is 15.9. The quantitative estimate of drug-likeness (QED) is 0.748. The van der Waals surface area contributed by atoms with Gasteiger partial charge in [-0.1, -0.05) is 26.7 Å². The number of carboxylic acid groups (broad SMARTS) is 1. The van der Waals surface area contributed by atoms with E-state index in [1.54, 1.807) is 0 Å². The van der Waals surface area contributed by atoms with E-state index in [9.17, 15) is 14.7 Å². The second-order valence-electron chi connectivity index (χ2n) is 4.82. The molecular formula is C13H25NO3. The third-order valence-electron chi connectivity index (χ3n) is 3.04. The molecule has 0 spiro atoms. The Morgan fingerprint density at radius 1 is 1.18 bits per heavy atom. The van der Waals surface area contributed by atoms with Crippen molar-refractivity contribution in [3.8, 4) is 0 Å². The van der Waals surface area contributed by atoms with Crippen LogP contribution in [0.25, 0.3) is 0 Å². The summed E-state index contributed by atoms with van der Waals surface area (Å²) in [6, 6.07) is -0.0956. The SMILES string of the molecule is CCCC(CCC)(C(=O)O)N(C(C)=O)C(C)C. The average molecular weight is 243 g/mol. The van der Waals surface area contributed by atoms with Gasteiger partial charge >= 0.3 is 5.97 Å². The van der Waals surface area contributed by atoms with E-state index in [0.717, 1.165) is 12.8 Å². The molecule has 0 aliphatic heterocycles. The third kappa shape index (κ3) is 3.45. The zero-order chi connectivity index (χ0) is 13.6. The zero-order valence-electron chi connectivity index (χ0n) is 11.6. The van der Waals surface area contributed by atoms with Gasteiger partial charge in [0.25, 0.3) is 0 Å². The van der Waals surface area contributed by atoms with Crippen molar-refractivity contribution < 1.29 is 14.7 Å². The minimum atomic E-state index is -1.04. The summed E-state index contributed by atoms with van der Waals surface area (Å²) in [5.74, 6) is -1.05. The minimum absolute atomic E-state index is 0.0956. The fourth-order valence-corrected chi connectivity index (χ4v) is 2.67. The monoisotopic (exact) mass is 243 g/mol. The van der Waals surface area contributed by atoms with Crippen molar-refractivity contribution >= 4 is 11.9 Å². The standard InChI is InChI=1S/C13H25NO3/c1-6-8-13(9-7-2,12(16)17)14(10(3)4)11(5)15/h10H,6-9H2,1-5H3,(H,16,17). The molecule has 1 amide bonds. The van der Waals surface area contributed by atoms with E-state index >= 15 is 0 Å². The number of carboxylic acids is 1. The summed E-state index contributed by atoms with van der Waals surface area (Å²) >= 11 is 0. The van der Waals surface area contributed by atoms with Gasteiger partial charge < -0.3 is 10.0 Å². The number of hydrogen-bond acceptors (Lipinski definition) is 2. The fourth-order valence-electron chi connectivity index (χ4n) is 2.67. The van der Waals surface area contributed by atoms with Crippen LogP contribution in [0.15, 0.2) is 0 Å². The van der Waals surface area contributed by atoms with Gasteiger partial charge in [0.2, 0.25) is 5.91 Å². The first-order chi connectivity index (χ1) is 7.83. The van der Waals surface area contributed by atoms with Crippen LogP contribution < -0.4 is 0 Å². The highest BCUT2D eigenvalue weighted by Crippen LogP contribution is 2.30.